The molecule has 4 heteroatoms. The van der Waals surface area contributed by atoms with Gasteiger partial charge in [-0.25, -0.2) is 9.97 Å². The summed E-state index contributed by atoms with van der Waals surface area (Å²) in [5.74, 6) is 0.819. The number of nitrogens with zero attached hydrogens (tertiary/aromatic N) is 3. The van der Waals surface area contributed by atoms with E-state index in [9.17, 15) is 0 Å². The van der Waals surface area contributed by atoms with Gasteiger partial charge in [-0.05, 0) is 36.8 Å². The maximum atomic E-state index is 8.80. The first-order chi connectivity index (χ1) is 10.3. The molecule has 0 saturated heterocycles. The number of aromatic nitrogens is 2. The van der Waals surface area contributed by atoms with E-state index in [1.54, 1.807) is 11.8 Å². The molecule has 0 radical (unpaired) electrons. The molecular weight excluding hydrogens is 278 g/mol. The second-order valence-electron chi connectivity index (χ2n) is 4.70. The molecule has 1 aromatic heterocycles. The number of fused-ring (bicyclic) bond motifs is 1. The molecule has 2 aromatic carbocycles. The molecule has 0 fully saturated rings. The fourth-order valence-corrected chi connectivity index (χ4v) is 2.95. The molecule has 0 spiro atoms. The normalized spacial score (nSPS) is 10.5. The monoisotopic (exact) mass is 291 g/mol. The van der Waals surface area contributed by atoms with Gasteiger partial charge in [0, 0.05) is 5.75 Å². The van der Waals surface area contributed by atoms with Crippen molar-refractivity contribution in [1.82, 2.24) is 9.97 Å². The van der Waals surface area contributed by atoms with Gasteiger partial charge in [-0.2, -0.15) is 5.26 Å². The lowest BCUT2D eigenvalue weighted by Crippen LogP contribution is -1.93. The van der Waals surface area contributed by atoms with Gasteiger partial charge in [-0.3, -0.25) is 0 Å². The van der Waals surface area contributed by atoms with Crippen LogP contribution in [-0.2, 0) is 5.75 Å². The summed E-state index contributed by atoms with van der Waals surface area (Å²) in [5.41, 5.74) is 4.66. The Bertz CT molecular complexity index is 820. The first-order valence-electron chi connectivity index (χ1n) is 6.61. The number of thioether (sulfide) groups is 1. The summed E-state index contributed by atoms with van der Waals surface area (Å²) in [6.45, 7) is 1.99. The number of hydrogen-bond acceptors (Lipinski definition) is 4. The van der Waals surface area contributed by atoms with Gasteiger partial charge in [0.15, 0.2) is 0 Å². The van der Waals surface area contributed by atoms with Crippen molar-refractivity contribution in [2.45, 2.75) is 17.7 Å². The topological polar surface area (TPSA) is 49.6 Å². The van der Waals surface area contributed by atoms with Crippen LogP contribution in [0.2, 0.25) is 0 Å². The van der Waals surface area contributed by atoms with Crippen molar-refractivity contribution >= 4 is 22.8 Å². The fourth-order valence-electron chi connectivity index (χ4n) is 2.04. The van der Waals surface area contributed by atoms with E-state index in [1.807, 2.05) is 55.5 Å². The zero-order valence-corrected chi connectivity index (χ0v) is 12.4. The number of rotatable bonds is 3. The first-order valence-corrected chi connectivity index (χ1v) is 7.60. The lowest BCUT2D eigenvalue weighted by molar-refractivity contribution is 1.04. The van der Waals surface area contributed by atoms with E-state index in [-0.39, 0.29) is 0 Å². The van der Waals surface area contributed by atoms with Gasteiger partial charge in [-0.1, -0.05) is 36.0 Å². The summed E-state index contributed by atoms with van der Waals surface area (Å²) < 4.78 is 0. The Labute approximate surface area is 127 Å². The van der Waals surface area contributed by atoms with Crippen LogP contribution >= 0.6 is 11.8 Å². The van der Waals surface area contributed by atoms with Gasteiger partial charge in [0.25, 0.3) is 0 Å². The zero-order valence-electron chi connectivity index (χ0n) is 11.6. The summed E-state index contributed by atoms with van der Waals surface area (Å²) in [7, 11) is 0. The average Bonchev–Trinajstić information content (AvgIpc) is 2.53. The minimum absolute atomic E-state index is 0.686. The van der Waals surface area contributed by atoms with Gasteiger partial charge >= 0.3 is 0 Å². The lowest BCUT2D eigenvalue weighted by atomic mass is 10.2. The molecule has 0 aliphatic rings. The van der Waals surface area contributed by atoms with Crippen molar-refractivity contribution in [2.75, 3.05) is 0 Å². The van der Waals surface area contributed by atoms with E-state index >= 15 is 0 Å². The van der Waals surface area contributed by atoms with Crippen molar-refractivity contribution in [3.05, 3.63) is 65.4 Å². The average molecular weight is 291 g/mol. The highest BCUT2D eigenvalue weighted by molar-refractivity contribution is 7.98. The lowest BCUT2D eigenvalue weighted by Gasteiger charge is -2.06. The molecule has 21 heavy (non-hydrogen) atoms. The van der Waals surface area contributed by atoms with E-state index < -0.39 is 0 Å². The molecule has 0 aliphatic heterocycles. The van der Waals surface area contributed by atoms with Gasteiger partial charge < -0.3 is 0 Å². The third kappa shape index (κ3) is 3.04. The van der Waals surface area contributed by atoms with Gasteiger partial charge in [0.1, 0.15) is 5.03 Å². The molecule has 102 valence electrons. The summed E-state index contributed by atoms with van der Waals surface area (Å²) in [5, 5.41) is 9.76. The maximum Gasteiger partial charge on any atom is 0.118 e. The Kier molecular flexibility index (Phi) is 3.85. The van der Waals surface area contributed by atoms with Crippen LogP contribution in [0.4, 0.5) is 0 Å². The number of aryl methyl sites for hydroxylation is 1. The van der Waals surface area contributed by atoms with Crippen LogP contribution in [0, 0.1) is 18.3 Å². The molecule has 0 atom stereocenters. The SMILES string of the molecule is Cc1nc2ccccc2nc1SCc1ccc(C#N)cc1. The fraction of sp³-hybridized carbons (Fsp3) is 0.118. The van der Waals surface area contributed by atoms with Crippen molar-refractivity contribution in [1.29, 1.82) is 5.26 Å². The molecule has 1 heterocycles. The van der Waals surface area contributed by atoms with Crippen LogP contribution in [0.15, 0.2) is 53.6 Å². The highest BCUT2D eigenvalue weighted by atomic mass is 32.2. The molecule has 0 unspecified atom stereocenters. The molecule has 3 aromatic rings. The second-order valence-corrected chi connectivity index (χ2v) is 5.66. The Morgan fingerprint density at radius 2 is 1.67 bits per heavy atom. The van der Waals surface area contributed by atoms with E-state index in [4.69, 9.17) is 5.26 Å². The number of para-hydroxylation sites is 2. The standard InChI is InChI=1S/C17H13N3S/c1-12-17(20-16-5-3-2-4-15(16)19-12)21-11-14-8-6-13(10-18)7-9-14/h2-9H,11H2,1H3. The summed E-state index contributed by atoms with van der Waals surface area (Å²) in [4.78, 5) is 9.26. The predicted octanol–water partition coefficient (Wildman–Crippen LogP) is 4.10. The predicted molar refractivity (Wildman–Crippen MR) is 85.0 cm³/mol. The third-order valence-corrected chi connectivity index (χ3v) is 4.30. The van der Waals surface area contributed by atoms with Crippen LogP contribution in [0.3, 0.4) is 0 Å². The van der Waals surface area contributed by atoms with Crippen molar-refractivity contribution < 1.29 is 0 Å². The highest BCUT2D eigenvalue weighted by Crippen LogP contribution is 2.25. The van der Waals surface area contributed by atoms with Crippen LogP contribution in [0.25, 0.3) is 11.0 Å². The molecule has 0 saturated carbocycles. The first kappa shape index (κ1) is 13.6. The quantitative estimate of drug-likeness (QED) is 0.682. The van der Waals surface area contributed by atoms with Crippen LogP contribution in [0.5, 0.6) is 0 Å². The maximum absolute atomic E-state index is 8.80. The van der Waals surface area contributed by atoms with E-state index in [0.29, 0.717) is 5.56 Å². The third-order valence-electron chi connectivity index (χ3n) is 3.16. The van der Waals surface area contributed by atoms with E-state index in [2.05, 4.69) is 16.0 Å². The summed E-state index contributed by atoms with van der Waals surface area (Å²) >= 11 is 1.67. The Morgan fingerprint density at radius 3 is 2.33 bits per heavy atom. The minimum atomic E-state index is 0.686. The van der Waals surface area contributed by atoms with Crippen LogP contribution < -0.4 is 0 Å². The van der Waals surface area contributed by atoms with Crippen molar-refractivity contribution in [2.24, 2.45) is 0 Å². The second kappa shape index (κ2) is 5.94. The van der Waals surface area contributed by atoms with Gasteiger partial charge in [0.05, 0.1) is 28.4 Å². The van der Waals surface area contributed by atoms with E-state index in [1.165, 1.54) is 5.56 Å². The highest BCUT2D eigenvalue weighted by Gasteiger charge is 2.06. The molecule has 3 nitrogen and oxygen atoms in total. The number of hydrogen-bond donors (Lipinski definition) is 0. The minimum Gasteiger partial charge on any atom is -0.249 e. The summed E-state index contributed by atoms with van der Waals surface area (Å²) in [6, 6.07) is 17.7. The molecular formula is C17H13N3S. The zero-order chi connectivity index (χ0) is 14.7. The smallest absolute Gasteiger partial charge is 0.118 e. The van der Waals surface area contributed by atoms with Crippen molar-refractivity contribution in [3.63, 3.8) is 0 Å². The molecule has 0 aliphatic carbocycles. The molecule has 3 rings (SSSR count). The Balaban J connectivity index is 1.81. The molecule has 0 bridgehead atoms. The van der Waals surface area contributed by atoms with Crippen molar-refractivity contribution in [3.8, 4) is 6.07 Å². The summed E-state index contributed by atoms with van der Waals surface area (Å²) in [6.07, 6.45) is 0. The van der Waals surface area contributed by atoms with Gasteiger partial charge in [0.2, 0.25) is 0 Å². The largest absolute Gasteiger partial charge is 0.249 e. The molecule has 0 amide bonds. The van der Waals surface area contributed by atoms with Crippen LogP contribution in [0.1, 0.15) is 16.8 Å². The molecule has 0 N–H and O–H groups in total. The number of nitriles is 1. The number of benzene rings is 2. The Hall–Kier alpha value is -2.38. The van der Waals surface area contributed by atoms with E-state index in [0.717, 1.165) is 27.5 Å². The van der Waals surface area contributed by atoms with Crippen LogP contribution in [-0.4, -0.2) is 9.97 Å². The van der Waals surface area contributed by atoms with Gasteiger partial charge in [-0.15, -0.1) is 0 Å². The Morgan fingerprint density at radius 1 is 1.00 bits per heavy atom.